The Morgan fingerprint density at radius 2 is 2.19 bits per heavy atom. The molecule has 2 bridgehead atoms. The second-order valence-corrected chi connectivity index (χ2v) is 9.43. The summed E-state index contributed by atoms with van der Waals surface area (Å²) in [7, 11) is 0. The molecule has 1 aromatic carbocycles. The minimum atomic E-state index is -0.362. The molecule has 0 unspecified atom stereocenters. The summed E-state index contributed by atoms with van der Waals surface area (Å²) >= 11 is 0. The second kappa shape index (κ2) is 6.61. The van der Waals surface area contributed by atoms with Crippen molar-refractivity contribution in [2.45, 2.75) is 51.9 Å². The molecule has 4 rings (SSSR count). The summed E-state index contributed by atoms with van der Waals surface area (Å²) in [5.41, 5.74) is 1.43. The van der Waals surface area contributed by atoms with Crippen LogP contribution < -0.4 is 5.32 Å². The summed E-state index contributed by atoms with van der Waals surface area (Å²) in [5.74, 6) is 0.962. The van der Waals surface area contributed by atoms with Crippen molar-refractivity contribution in [1.82, 2.24) is 10.2 Å². The normalized spacial score (nSPS) is 32.3. The number of rotatable bonds is 4. The number of fused-ring (bicyclic) bond motifs is 1. The lowest BCUT2D eigenvalue weighted by Crippen LogP contribution is -2.44. The second-order valence-electron chi connectivity index (χ2n) is 9.43. The highest BCUT2D eigenvalue weighted by molar-refractivity contribution is 5.81. The van der Waals surface area contributed by atoms with E-state index in [1.54, 1.807) is 0 Å². The fourth-order valence-electron chi connectivity index (χ4n) is 5.16. The molecular weight excluding hydrogens is 338 g/mol. The minimum absolute atomic E-state index is 0.0522. The Labute approximate surface area is 161 Å². The molecular formula is C22H29N3O2. The van der Waals surface area contributed by atoms with Crippen LogP contribution in [0.25, 0.3) is 0 Å². The molecule has 5 heteroatoms. The predicted octanol–water partition coefficient (Wildman–Crippen LogP) is 2.70. The minimum Gasteiger partial charge on any atom is -0.370 e. The summed E-state index contributed by atoms with van der Waals surface area (Å²) in [4.78, 5) is 14.7. The van der Waals surface area contributed by atoms with E-state index in [4.69, 9.17) is 4.74 Å². The third kappa shape index (κ3) is 3.26. The lowest BCUT2D eigenvalue weighted by molar-refractivity contribution is -0.128. The van der Waals surface area contributed by atoms with E-state index in [0.717, 1.165) is 43.6 Å². The fraction of sp³-hybridized carbons (Fsp3) is 0.636. The van der Waals surface area contributed by atoms with Gasteiger partial charge < -0.3 is 10.1 Å². The Kier molecular flexibility index (Phi) is 4.52. The van der Waals surface area contributed by atoms with Gasteiger partial charge in [0.1, 0.15) is 0 Å². The van der Waals surface area contributed by atoms with Crippen LogP contribution in [0.5, 0.6) is 0 Å². The Hall–Kier alpha value is -1.90. The largest absolute Gasteiger partial charge is 0.370 e. The summed E-state index contributed by atoms with van der Waals surface area (Å²) in [6.45, 7) is 9.25. The Morgan fingerprint density at radius 1 is 1.41 bits per heavy atom. The predicted molar refractivity (Wildman–Crippen MR) is 103 cm³/mol. The van der Waals surface area contributed by atoms with Gasteiger partial charge in [-0.15, -0.1) is 0 Å². The third-order valence-electron chi connectivity index (χ3n) is 6.57. The van der Waals surface area contributed by atoms with Crippen molar-refractivity contribution < 1.29 is 9.53 Å². The molecule has 5 nitrogen and oxygen atoms in total. The maximum absolute atomic E-state index is 12.3. The van der Waals surface area contributed by atoms with E-state index >= 15 is 0 Å². The van der Waals surface area contributed by atoms with Crippen LogP contribution in [-0.2, 0) is 16.1 Å². The van der Waals surface area contributed by atoms with Crippen LogP contribution >= 0.6 is 0 Å². The first-order valence-corrected chi connectivity index (χ1v) is 9.99. The average Bonchev–Trinajstić information content (AvgIpc) is 3.27. The third-order valence-corrected chi connectivity index (χ3v) is 6.57. The number of nitriles is 1. The fourth-order valence-corrected chi connectivity index (χ4v) is 5.16. The van der Waals surface area contributed by atoms with E-state index in [1.807, 2.05) is 45.0 Å². The number of likely N-dealkylation sites (tertiary alicyclic amines) is 1. The zero-order valence-corrected chi connectivity index (χ0v) is 16.5. The summed E-state index contributed by atoms with van der Waals surface area (Å²) < 4.78 is 6.48. The molecule has 3 aliphatic rings. The molecule has 3 fully saturated rings. The molecule has 0 saturated carbocycles. The summed E-state index contributed by atoms with van der Waals surface area (Å²) in [5, 5.41) is 12.5. The Morgan fingerprint density at radius 3 is 2.93 bits per heavy atom. The molecule has 3 saturated heterocycles. The van der Waals surface area contributed by atoms with Crippen molar-refractivity contribution in [2.24, 2.45) is 17.3 Å². The number of hydrogen-bond donors (Lipinski definition) is 1. The van der Waals surface area contributed by atoms with Crippen molar-refractivity contribution in [3.8, 4) is 6.07 Å². The van der Waals surface area contributed by atoms with Crippen LogP contribution in [0.4, 0.5) is 0 Å². The van der Waals surface area contributed by atoms with Gasteiger partial charge in [-0.05, 0) is 24.5 Å². The quantitative estimate of drug-likeness (QED) is 0.889. The molecule has 1 amide bonds. The van der Waals surface area contributed by atoms with Crippen LogP contribution in [-0.4, -0.2) is 42.1 Å². The van der Waals surface area contributed by atoms with E-state index in [-0.39, 0.29) is 23.0 Å². The van der Waals surface area contributed by atoms with Crippen LogP contribution in [0.15, 0.2) is 24.3 Å². The first kappa shape index (κ1) is 18.5. The maximum atomic E-state index is 12.3. The van der Waals surface area contributed by atoms with Gasteiger partial charge in [0.25, 0.3) is 0 Å². The van der Waals surface area contributed by atoms with Gasteiger partial charge in [-0.25, -0.2) is 0 Å². The monoisotopic (exact) mass is 367 g/mol. The summed E-state index contributed by atoms with van der Waals surface area (Å²) in [6, 6.07) is 10.1. The van der Waals surface area contributed by atoms with Crippen LogP contribution in [0.1, 0.15) is 44.7 Å². The molecule has 3 heterocycles. The topological polar surface area (TPSA) is 65.4 Å². The van der Waals surface area contributed by atoms with E-state index in [1.165, 1.54) is 0 Å². The smallest absolute Gasteiger partial charge is 0.225 e. The number of nitrogens with zero attached hydrogens (tertiary/aromatic N) is 2. The number of amides is 1. The molecule has 27 heavy (non-hydrogen) atoms. The van der Waals surface area contributed by atoms with Gasteiger partial charge in [-0.2, -0.15) is 5.26 Å². The Bertz CT molecular complexity index is 778. The van der Waals surface area contributed by atoms with E-state index < -0.39 is 0 Å². The zero-order valence-electron chi connectivity index (χ0n) is 16.5. The highest BCUT2D eigenvalue weighted by atomic mass is 16.5. The van der Waals surface area contributed by atoms with Gasteiger partial charge in [-0.1, -0.05) is 39.0 Å². The van der Waals surface area contributed by atoms with Gasteiger partial charge in [0.2, 0.25) is 5.91 Å². The van der Waals surface area contributed by atoms with Gasteiger partial charge in [0.15, 0.2) is 0 Å². The average molecular weight is 367 g/mol. The lowest BCUT2D eigenvalue weighted by Gasteiger charge is -2.30. The number of hydrogen-bond acceptors (Lipinski definition) is 4. The molecule has 1 aromatic rings. The summed E-state index contributed by atoms with van der Waals surface area (Å²) in [6.07, 6.45) is 2.49. The van der Waals surface area contributed by atoms with E-state index in [9.17, 15) is 10.1 Å². The maximum Gasteiger partial charge on any atom is 0.225 e. The van der Waals surface area contributed by atoms with Crippen LogP contribution in [0.2, 0.25) is 0 Å². The molecule has 144 valence electrons. The standard InChI is InChI=1S/C22H29N3O2/c1-21(2,3)20(26)24-11-17-18-13-25(14-22(18)9-8-19(17)27-22)12-16-7-5-4-6-15(16)10-23/h4-7,17-19H,8-9,11-14H2,1-3H3,(H,24,26)/t17-,18+,19+,22+/m0/s1. The number of ether oxygens (including phenoxy) is 1. The Balaban J connectivity index is 1.44. The first-order chi connectivity index (χ1) is 12.8. The van der Waals surface area contributed by atoms with E-state index in [2.05, 4.69) is 16.3 Å². The van der Waals surface area contributed by atoms with Gasteiger partial charge in [0, 0.05) is 43.4 Å². The molecule has 1 N–H and O–H groups in total. The zero-order chi connectivity index (χ0) is 19.2. The molecule has 3 aliphatic heterocycles. The highest BCUT2D eigenvalue weighted by Gasteiger charge is 2.62. The van der Waals surface area contributed by atoms with Crippen molar-refractivity contribution in [2.75, 3.05) is 19.6 Å². The molecule has 1 spiro atoms. The van der Waals surface area contributed by atoms with Crippen molar-refractivity contribution in [1.29, 1.82) is 5.26 Å². The van der Waals surface area contributed by atoms with Crippen LogP contribution in [0, 0.1) is 28.6 Å². The number of carbonyl (C=O) groups is 1. The number of benzene rings is 1. The van der Waals surface area contributed by atoms with Gasteiger partial charge >= 0.3 is 0 Å². The van der Waals surface area contributed by atoms with Gasteiger partial charge in [0.05, 0.1) is 23.3 Å². The molecule has 0 aliphatic carbocycles. The van der Waals surface area contributed by atoms with Crippen LogP contribution in [0.3, 0.4) is 0 Å². The lowest BCUT2D eigenvalue weighted by atomic mass is 9.73. The highest BCUT2D eigenvalue weighted by Crippen LogP contribution is 2.54. The SMILES string of the molecule is CC(C)(C)C(=O)NC[C@H]1[C@H]2CN(Cc3ccccc3C#N)C[C@]23CC[C@H]1O3. The first-order valence-electron chi connectivity index (χ1n) is 9.99. The van der Waals surface area contributed by atoms with Gasteiger partial charge in [-0.3, -0.25) is 9.69 Å². The van der Waals surface area contributed by atoms with Crippen molar-refractivity contribution >= 4 is 5.91 Å². The molecule has 0 radical (unpaired) electrons. The number of nitrogens with one attached hydrogen (secondary N) is 1. The van der Waals surface area contributed by atoms with E-state index in [0.29, 0.717) is 18.4 Å². The van der Waals surface area contributed by atoms with Crippen molar-refractivity contribution in [3.63, 3.8) is 0 Å². The molecule has 0 aromatic heterocycles. The van der Waals surface area contributed by atoms with Crippen molar-refractivity contribution in [3.05, 3.63) is 35.4 Å². The number of carbonyl (C=O) groups excluding carboxylic acids is 1. The molecule has 4 atom stereocenters.